The molecule has 114 valence electrons. The maximum absolute atomic E-state index is 12.8. The minimum absolute atomic E-state index is 0.00939. The monoisotopic (exact) mass is 294 g/mol. The van der Waals surface area contributed by atoms with E-state index in [4.69, 9.17) is 0 Å². The Morgan fingerprint density at radius 2 is 1.14 bits per heavy atom. The summed E-state index contributed by atoms with van der Waals surface area (Å²) in [6.45, 7) is 8.00. The van der Waals surface area contributed by atoms with Gasteiger partial charge in [-0.3, -0.25) is 9.59 Å². The van der Waals surface area contributed by atoms with E-state index in [-0.39, 0.29) is 11.6 Å². The van der Waals surface area contributed by atoms with Gasteiger partial charge in [-0.2, -0.15) is 0 Å². The van der Waals surface area contributed by atoms with Gasteiger partial charge in [-0.1, -0.05) is 47.6 Å². The van der Waals surface area contributed by atoms with E-state index in [1.54, 1.807) is 12.1 Å². The van der Waals surface area contributed by atoms with Gasteiger partial charge < -0.3 is 0 Å². The summed E-state index contributed by atoms with van der Waals surface area (Å²) in [5, 5.41) is 0. The molecular formula is C20H22O2. The lowest BCUT2D eigenvalue weighted by Gasteiger charge is -2.20. The van der Waals surface area contributed by atoms with Gasteiger partial charge in [0.15, 0.2) is 11.6 Å². The van der Waals surface area contributed by atoms with Gasteiger partial charge in [0, 0.05) is 22.3 Å². The quantitative estimate of drug-likeness (QED) is 0.726. The predicted molar refractivity (Wildman–Crippen MR) is 90.2 cm³/mol. The molecule has 1 aromatic carbocycles. The summed E-state index contributed by atoms with van der Waals surface area (Å²) in [5.74, 6) is -0.0188. The summed E-state index contributed by atoms with van der Waals surface area (Å²) in [7, 11) is 0. The van der Waals surface area contributed by atoms with E-state index in [0.717, 1.165) is 11.1 Å². The lowest BCUT2D eigenvalue weighted by Crippen LogP contribution is -2.21. The molecule has 22 heavy (non-hydrogen) atoms. The van der Waals surface area contributed by atoms with Crippen LogP contribution in [0.5, 0.6) is 0 Å². The van der Waals surface area contributed by atoms with E-state index in [1.807, 2.05) is 52.0 Å². The number of ketones is 2. The van der Waals surface area contributed by atoms with Crippen molar-refractivity contribution in [1.29, 1.82) is 0 Å². The fourth-order valence-corrected chi connectivity index (χ4v) is 2.52. The zero-order valence-corrected chi connectivity index (χ0v) is 13.7. The number of carbonyl (C=O) groups is 2. The fourth-order valence-electron chi connectivity index (χ4n) is 2.52. The van der Waals surface area contributed by atoms with Crippen LogP contribution in [-0.2, 0) is 0 Å². The summed E-state index contributed by atoms with van der Waals surface area (Å²) in [6, 6.07) is 7.11. The van der Waals surface area contributed by atoms with Gasteiger partial charge in [0.2, 0.25) is 0 Å². The van der Waals surface area contributed by atoms with Crippen LogP contribution in [0.2, 0.25) is 0 Å². The van der Waals surface area contributed by atoms with Crippen molar-refractivity contribution in [3.63, 3.8) is 0 Å². The van der Waals surface area contributed by atoms with Crippen LogP contribution in [0.3, 0.4) is 0 Å². The number of benzene rings is 1. The Morgan fingerprint density at radius 1 is 0.773 bits per heavy atom. The molecule has 1 aliphatic carbocycles. The molecule has 0 aliphatic heterocycles. The van der Waals surface area contributed by atoms with E-state index in [0.29, 0.717) is 35.1 Å². The Bertz CT molecular complexity index is 646. The first-order valence-corrected chi connectivity index (χ1v) is 7.59. The highest BCUT2D eigenvalue weighted by Gasteiger charge is 2.30. The van der Waals surface area contributed by atoms with Gasteiger partial charge in [0.1, 0.15) is 0 Å². The van der Waals surface area contributed by atoms with Gasteiger partial charge in [-0.25, -0.2) is 0 Å². The maximum Gasteiger partial charge on any atom is 0.190 e. The largest absolute Gasteiger partial charge is 0.289 e. The number of fused-ring (bicyclic) bond motifs is 1. The van der Waals surface area contributed by atoms with Crippen molar-refractivity contribution in [3.8, 4) is 0 Å². The Kier molecular flexibility index (Phi) is 4.92. The zero-order chi connectivity index (χ0) is 16.3. The number of allylic oxidation sites excluding steroid dienone is 6. The molecule has 0 saturated heterocycles. The average molecular weight is 294 g/mol. The minimum Gasteiger partial charge on any atom is -0.289 e. The lowest BCUT2D eigenvalue weighted by atomic mass is 9.81. The standard InChI is InChI=1S/C20H22O2/c1-13(2)9-11-17-18(12-10-14(3)4)20(22)16-8-6-5-7-15(16)19(17)21/h5-10H,11-12H2,1-4H3. The molecular weight excluding hydrogens is 272 g/mol. The smallest absolute Gasteiger partial charge is 0.190 e. The van der Waals surface area contributed by atoms with Crippen LogP contribution in [0.15, 0.2) is 58.7 Å². The Labute approximate surface area is 132 Å². The maximum atomic E-state index is 12.8. The summed E-state index contributed by atoms with van der Waals surface area (Å²) < 4.78 is 0. The fraction of sp³-hybridized carbons (Fsp3) is 0.300. The van der Waals surface area contributed by atoms with Crippen molar-refractivity contribution in [2.75, 3.05) is 0 Å². The first kappa shape index (κ1) is 16.2. The van der Waals surface area contributed by atoms with Crippen LogP contribution in [0.4, 0.5) is 0 Å². The van der Waals surface area contributed by atoms with E-state index in [1.165, 1.54) is 0 Å². The number of hydrogen-bond donors (Lipinski definition) is 0. The molecule has 0 N–H and O–H groups in total. The summed E-state index contributed by atoms with van der Waals surface area (Å²) in [6.07, 6.45) is 5.06. The number of Topliss-reactive ketones (excluding diaryl/α,β-unsaturated/α-hetero) is 2. The molecule has 2 heteroatoms. The molecule has 0 amide bonds. The molecule has 0 saturated carbocycles. The highest BCUT2D eigenvalue weighted by atomic mass is 16.1. The van der Waals surface area contributed by atoms with Crippen molar-refractivity contribution in [1.82, 2.24) is 0 Å². The van der Waals surface area contributed by atoms with E-state index in [9.17, 15) is 9.59 Å². The van der Waals surface area contributed by atoms with E-state index in [2.05, 4.69) is 0 Å². The summed E-state index contributed by atoms with van der Waals surface area (Å²) in [4.78, 5) is 25.5. The van der Waals surface area contributed by atoms with Crippen LogP contribution >= 0.6 is 0 Å². The molecule has 2 rings (SSSR count). The summed E-state index contributed by atoms with van der Waals surface area (Å²) in [5.41, 5.74) is 4.64. The third kappa shape index (κ3) is 3.33. The second-order valence-corrected chi connectivity index (χ2v) is 6.13. The molecule has 0 aromatic heterocycles. The molecule has 1 aromatic rings. The third-order valence-electron chi connectivity index (χ3n) is 3.76. The second-order valence-electron chi connectivity index (χ2n) is 6.13. The van der Waals surface area contributed by atoms with Gasteiger partial charge in [0.05, 0.1) is 0 Å². The number of rotatable bonds is 4. The van der Waals surface area contributed by atoms with Crippen LogP contribution in [0, 0.1) is 0 Å². The molecule has 0 spiro atoms. The van der Waals surface area contributed by atoms with Crippen LogP contribution in [-0.4, -0.2) is 11.6 Å². The molecule has 0 radical (unpaired) electrons. The van der Waals surface area contributed by atoms with Crippen LogP contribution in [0.25, 0.3) is 0 Å². The topological polar surface area (TPSA) is 34.1 Å². The Balaban J connectivity index is 2.54. The normalized spacial score (nSPS) is 13.8. The second kappa shape index (κ2) is 6.69. The Hall–Kier alpha value is -2.22. The highest BCUT2D eigenvalue weighted by Crippen LogP contribution is 2.30. The van der Waals surface area contributed by atoms with Crippen LogP contribution < -0.4 is 0 Å². The number of carbonyl (C=O) groups excluding carboxylic acids is 2. The summed E-state index contributed by atoms with van der Waals surface area (Å²) >= 11 is 0. The van der Waals surface area contributed by atoms with Gasteiger partial charge in [-0.15, -0.1) is 0 Å². The molecule has 0 unspecified atom stereocenters. The lowest BCUT2D eigenvalue weighted by molar-refractivity contribution is 0.0971. The first-order valence-electron chi connectivity index (χ1n) is 7.59. The molecule has 0 atom stereocenters. The van der Waals surface area contributed by atoms with Gasteiger partial charge in [-0.05, 0) is 40.5 Å². The minimum atomic E-state index is -0.00939. The first-order chi connectivity index (χ1) is 10.4. The van der Waals surface area contributed by atoms with E-state index < -0.39 is 0 Å². The van der Waals surface area contributed by atoms with Crippen molar-refractivity contribution >= 4 is 11.6 Å². The molecule has 1 aliphatic rings. The number of hydrogen-bond acceptors (Lipinski definition) is 2. The molecule has 0 fully saturated rings. The highest BCUT2D eigenvalue weighted by molar-refractivity contribution is 6.27. The molecule has 0 bridgehead atoms. The third-order valence-corrected chi connectivity index (χ3v) is 3.76. The van der Waals surface area contributed by atoms with Crippen molar-refractivity contribution in [2.45, 2.75) is 40.5 Å². The van der Waals surface area contributed by atoms with Crippen LogP contribution in [0.1, 0.15) is 61.3 Å². The van der Waals surface area contributed by atoms with Crippen molar-refractivity contribution in [3.05, 3.63) is 69.8 Å². The van der Waals surface area contributed by atoms with Crippen molar-refractivity contribution < 1.29 is 9.59 Å². The SMILES string of the molecule is CC(C)=CCC1=C(CC=C(C)C)C(=O)c2ccccc2C1=O. The molecule has 0 heterocycles. The zero-order valence-electron chi connectivity index (χ0n) is 13.7. The van der Waals surface area contributed by atoms with Gasteiger partial charge in [0.25, 0.3) is 0 Å². The predicted octanol–water partition coefficient (Wildman–Crippen LogP) is 5.07. The van der Waals surface area contributed by atoms with Crippen molar-refractivity contribution in [2.24, 2.45) is 0 Å². The van der Waals surface area contributed by atoms with E-state index >= 15 is 0 Å². The van der Waals surface area contributed by atoms with Gasteiger partial charge >= 0.3 is 0 Å². The molecule has 2 nitrogen and oxygen atoms in total. The Morgan fingerprint density at radius 3 is 1.45 bits per heavy atom. The average Bonchev–Trinajstić information content (AvgIpc) is 2.48.